The van der Waals surface area contributed by atoms with Crippen LogP contribution in [0.2, 0.25) is 5.02 Å². The summed E-state index contributed by atoms with van der Waals surface area (Å²) in [7, 11) is 1.49. The summed E-state index contributed by atoms with van der Waals surface area (Å²) in [4.78, 5) is 20.7. The Kier molecular flexibility index (Phi) is 6.59. The smallest absolute Gasteiger partial charge is 0.242 e. The maximum Gasteiger partial charge on any atom is 0.242 e. The quantitative estimate of drug-likeness (QED) is 0.775. The lowest BCUT2D eigenvalue weighted by molar-refractivity contribution is -0.131. The Morgan fingerprint density at radius 2 is 2.28 bits per heavy atom. The highest BCUT2D eigenvalue weighted by atomic mass is 35.5. The lowest BCUT2D eigenvalue weighted by Gasteiger charge is -2.41. The Morgan fingerprint density at radius 1 is 1.48 bits per heavy atom. The van der Waals surface area contributed by atoms with Crippen LogP contribution in [0.1, 0.15) is 12.5 Å². The van der Waals surface area contributed by atoms with Crippen LogP contribution in [0.5, 0.6) is 5.75 Å². The molecule has 8 heteroatoms. The second-order valence-corrected chi connectivity index (χ2v) is 7.23. The number of pyridine rings is 1. The molecule has 1 atom stereocenters. The largest absolute Gasteiger partial charge is 0.495 e. The van der Waals surface area contributed by atoms with E-state index in [2.05, 4.69) is 16.9 Å². The predicted molar refractivity (Wildman–Crippen MR) is 114 cm³/mol. The summed E-state index contributed by atoms with van der Waals surface area (Å²) in [5, 5.41) is 3.31. The topological polar surface area (TPSA) is 57.7 Å². The van der Waals surface area contributed by atoms with Crippen molar-refractivity contribution in [3.63, 3.8) is 0 Å². The average molecular weight is 419 g/mol. The number of aromatic nitrogens is 1. The second-order valence-electron chi connectivity index (χ2n) is 6.82. The zero-order valence-corrected chi connectivity index (χ0v) is 17.2. The molecule has 1 amide bonds. The zero-order valence-electron chi connectivity index (χ0n) is 16.5. The Morgan fingerprint density at radius 3 is 2.97 bits per heavy atom. The van der Waals surface area contributed by atoms with Crippen molar-refractivity contribution >= 4 is 35.1 Å². The van der Waals surface area contributed by atoms with E-state index >= 15 is 0 Å². The molecule has 2 heterocycles. The molecule has 29 heavy (non-hydrogen) atoms. The molecule has 1 aliphatic heterocycles. The summed E-state index contributed by atoms with van der Waals surface area (Å²) in [6.07, 6.45) is 3.35. The highest BCUT2D eigenvalue weighted by molar-refractivity contribution is 6.32. The molecule has 0 saturated carbocycles. The molecule has 1 aliphatic rings. The minimum Gasteiger partial charge on any atom is -0.495 e. The van der Waals surface area contributed by atoms with Crippen molar-refractivity contribution in [2.24, 2.45) is 0 Å². The number of hydrogen-bond donors (Lipinski definition) is 1. The van der Waals surface area contributed by atoms with Crippen LogP contribution in [0.3, 0.4) is 0 Å². The molecule has 154 valence electrons. The maximum absolute atomic E-state index is 14.4. The molecule has 1 unspecified atom stereocenters. The Bertz CT molecular complexity index is 908. The highest BCUT2D eigenvalue weighted by Gasteiger charge is 2.29. The molecule has 3 rings (SSSR count). The van der Waals surface area contributed by atoms with Crippen molar-refractivity contribution < 1.29 is 13.9 Å². The number of halogens is 2. The summed E-state index contributed by atoms with van der Waals surface area (Å²) < 4.78 is 19.6. The van der Waals surface area contributed by atoms with Gasteiger partial charge in [0.2, 0.25) is 5.91 Å². The third kappa shape index (κ3) is 4.62. The van der Waals surface area contributed by atoms with E-state index in [0.717, 1.165) is 5.56 Å². The average Bonchev–Trinajstić information content (AvgIpc) is 2.72. The van der Waals surface area contributed by atoms with Gasteiger partial charge in [-0.2, -0.15) is 0 Å². The number of hydrogen-bond acceptors (Lipinski definition) is 5. The molecule has 1 fully saturated rings. The van der Waals surface area contributed by atoms with Gasteiger partial charge < -0.3 is 19.9 Å². The van der Waals surface area contributed by atoms with Gasteiger partial charge in [0.25, 0.3) is 0 Å². The van der Waals surface area contributed by atoms with Crippen LogP contribution in [0.25, 0.3) is 6.08 Å². The monoisotopic (exact) mass is 418 g/mol. The van der Waals surface area contributed by atoms with Crippen LogP contribution in [-0.2, 0) is 4.79 Å². The fourth-order valence-corrected chi connectivity index (χ4v) is 3.68. The molecular weight excluding hydrogens is 395 g/mol. The van der Waals surface area contributed by atoms with E-state index in [9.17, 15) is 9.18 Å². The van der Waals surface area contributed by atoms with Crippen molar-refractivity contribution in [1.29, 1.82) is 0 Å². The number of methoxy groups -OCH3 is 1. The Labute approximate surface area is 174 Å². The van der Waals surface area contributed by atoms with Gasteiger partial charge in [-0.15, -0.1) is 0 Å². The lowest BCUT2D eigenvalue weighted by Crippen LogP contribution is -2.55. The standard InChI is InChI=1S/C21H24ClFN4O2/c1-4-15-6-5-7-24-21(15)25-12-20(28)27-9-8-26(13-14(27)2)18-11-19(29-3)16(22)10-17(18)23/h4-7,10-11,14H,1,8-9,12-13H2,2-3H3,(H,24,25). The minimum absolute atomic E-state index is 0.0352. The van der Waals surface area contributed by atoms with E-state index in [0.29, 0.717) is 36.9 Å². The normalized spacial score (nSPS) is 16.5. The third-order valence-corrected chi connectivity index (χ3v) is 5.27. The van der Waals surface area contributed by atoms with Gasteiger partial charge in [-0.05, 0) is 25.1 Å². The van der Waals surface area contributed by atoms with Crippen molar-refractivity contribution in [2.75, 3.05) is 43.5 Å². The van der Waals surface area contributed by atoms with Crippen LogP contribution in [-0.4, -0.2) is 55.1 Å². The van der Waals surface area contributed by atoms with Crippen LogP contribution in [0.4, 0.5) is 15.9 Å². The first-order valence-electron chi connectivity index (χ1n) is 9.33. The van der Waals surface area contributed by atoms with Crippen LogP contribution >= 0.6 is 11.6 Å². The summed E-state index contributed by atoms with van der Waals surface area (Å²) >= 11 is 5.99. The molecule has 1 N–H and O–H groups in total. The number of carbonyl (C=O) groups is 1. The number of nitrogens with one attached hydrogen (secondary N) is 1. The number of benzene rings is 1. The van der Waals surface area contributed by atoms with Crippen LogP contribution < -0.4 is 15.0 Å². The molecule has 2 aromatic rings. The summed E-state index contributed by atoms with van der Waals surface area (Å²) in [6.45, 7) is 7.34. The predicted octanol–water partition coefficient (Wildman–Crippen LogP) is 3.67. The molecule has 0 radical (unpaired) electrons. The van der Waals surface area contributed by atoms with Gasteiger partial charge in [-0.3, -0.25) is 4.79 Å². The SMILES string of the molecule is C=Cc1cccnc1NCC(=O)N1CCN(c2cc(OC)c(Cl)cc2F)CC1C. The lowest BCUT2D eigenvalue weighted by atomic mass is 10.1. The van der Waals surface area contributed by atoms with E-state index in [1.54, 1.807) is 23.2 Å². The van der Waals surface area contributed by atoms with E-state index in [1.165, 1.54) is 13.2 Å². The van der Waals surface area contributed by atoms with E-state index < -0.39 is 5.82 Å². The van der Waals surface area contributed by atoms with Gasteiger partial charge in [0.15, 0.2) is 0 Å². The maximum atomic E-state index is 14.4. The highest BCUT2D eigenvalue weighted by Crippen LogP contribution is 2.33. The number of amides is 1. The summed E-state index contributed by atoms with van der Waals surface area (Å²) in [5.74, 6) is 0.604. The number of ether oxygens (including phenoxy) is 1. The van der Waals surface area contributed by atoms with E-state index in [4.69, 9.17) is 16.3 Å². The molecule has 6 nitrogen and oxygen atoms in total. The molecule has 1 aromatic carbocycles. The fourth-order valence-electron chi connectivity index (χ4n) is 3.46. The zero-order chi connectivity index (χ0) is 21.0. The van der Waals surface area contributed by atoms with Gasteiger partial charge >= 0.3 is 0 Å². The molecular formula is C21H24ClFN4O2. The van der Waals surface area contributed by atoms with Gasteiger partial charge in [-0.1, -0.05) is 24.3 Å². The minimum atomic E-state index is -0.406. The number of rotatable bonds is 6. The summed E-state index contributed by atoms with van der Waals surface area (Å²) in [5.41, 5.74) is 1.26. The number of carbonyl (C=O) groups excluding carboxylic acids is 1. The molecule has 0 aliphatic carbocycles. The number of nitrogens with zero attached hydrogens (tertiary/aromatic N) is 3. The van der Waals surface area contributed by atoms with Crippen LogP contribution in [0.15, 0.2) is 37.0 Å². The van der Waals surface area contributed by atoms with Crippen molar-refractivity contribution in [1.82, 2.24) is 9.88 Å². The van der Waals surface area contributed by atoms with E-state index in [1.807, 2.05) is 24.0 Å². The fraction of sp³-hybridized carbons (Fsp3) is 0.333. The molecule has 0 bridgehead atoms. The Hall–Kier alpha value is -2.80. The van der Waals surface area contributed by atoms with Gasteiger partial charge in [0, 0.05) is 43.5 Å². The molecule has 1 aromatic heterocycles. The van der Waals surface area contributed by atoms with Crippen molar-refractivity contribution in [2.45, 2.75) is 13.0 Å². The molecule has 0 spiro atoms. The Balaban J connectivity index is 1.64. The second kappa shape index (κ2) is 9.13. The number of piperazine rings is 1. The van der Waals surface area contributed by atoms with Gasteiger partial charge in [0.05, 0.1) is 24.4 Å². The van der Waals surface area contributed by atoms with Gasteiger partial charge in [-0.25, -0.2) is 9.37 Å². The third-order valence-electron chi connectivity index (χ3n) is 4.98. The van der Waals surface area contributed by atoms with Gasteiger partial charge in [0.1, 0.15) is 17.4 Å². The first-order valence-corrected chi connectivity index (χ1v) is 9.71. The van der Waals surface area contributed by atoms with Crippen LogP contribution in [0, 0.1) is 5.82 Å². The molecule has 1 saturated heterocycles. The van der Waals surface area contributed by atoms with Crippen molar-refractivity contribution in [3.8, 4) is 5.75 Å². The first kappa shape index (κ1) is 20.9. The first-order chi connectivity index (χ1) is 13.9. The number of anilines is 2. The summed E-state index contributed by atoms with van der Waals surface area (Å²) in [6, 6.07) is 6.47. The van der Waals surface area contributed by atoms with E-state index in [-0.39, 0.29) is 23.5 Å². The van der Waals surface area contributed by atoms with Crippen molar-refractivity contribution in [3.05, 3.63) is 53.4 Å².